The summed E-state index contributed by atoms with van der Waals surface area (Å²) in [6, 6.07) is 1.79. The number of aliphatic hydroxyl groups excluding tert-OH is 1. The lowest BCUT2D eigenvalue weighted by Crippen LogP contribution is -2.33. The summed E-state index contributed by atoms with van der Waals surface area (Å²) in [6.45, 7) is 4.06. The first kappa shape index (κ1) is 13.8. The number of aryl methyl sites for hydroxylation is 2. The summed E-state index contributed by atoms with van der Waals surface area (Å²) in [5.74, 6) is -0.0241. The number of pyridine rings is 1. The average Bonchev–Trinajstić information content (AvgIpc) is 2.71. The van der Waals surface area contributed by atoms with E-state index in [2.05, 4.69) is 10.3 Å². The van der Waals surface area contributed by atoms with Crippen molar-refractivity contribution in [2.24, 2.45) is 5.92 Å². The van der Waals surface area contributed by atoms with E-state index in [0.29, 0.717) is 18.0 Å². The summed E-state index contributed by atoms with van der Waals surface area (Å²) in [6.07, 6.45) is 2.20. The van der Waals surface area contributed by atoms with Gasteiger partial charge in [0.15, 0.2) is 0 Å². The number of aromatic nitrogens is 1. The summed E-state index contributed by atoms with van der Waals surface area (Å²) < 4.78 is 0. The second-order valence-electron chi connectivity index (χ2n) is 5.38. The Morgan fingerprint density at radius 1 is 1.47 bits per heavy atom. The fourth-order valence-electron chi connectivity index (χ4n) is 2.70. The molecule has 19 heavy (non-hydrogen) atoms. The van der Waals surface area contributed by atoms with Crippen molar-refractivity contribution in [2.75, 3.05) is 6.54 Å². The molecule has 0 aromatic carbocycles. The van der Waals surface area contributed by atoms with Crippen molar-refractivity contribution in [3.05, 3.63) is 33.2 Å². The normalized spacial score (nSPS) is 22.5. The molecular formula is C14H20N2O3. The molecular weight excluding hydrogens is 244 g/mol. The van der Waals surface area contributed by atoms with Crippen LogP contribution in [0.15, 0.2) is 10.9 Å². The Labute approximate surface area is 112 Å². The van der Waals surface area contributed by atoms with Gasteiger partial charge in [0.2, 0.25) is 0 Å². The summed E-state index contributed by atoms with van der Waals surface area (Å²) in [4.78, 5) is 26.5. The molecule has 0 bridgehead atoms. The molecule has 3 N–H and O–H groups in total. The van der Waals surface area contributed by atoms with Crippen molar-refractivity contribution < 1.29 is 9.90 Å². The van der Waals surface area contributed by atoms with Gasteiger partial charge in [-0.15, -0.1) is 0 Å². The fraction of sp³-hybridized carbons (Fsp3) is 0.571. The lowest BCUT2D eigenvalue weighted by atomic mass is 10.1. The van der Waals surface area contributed by atoms with Crippen LogP contribution in [0, 0.1) is 19.8 Å². The molecule has 1 amide bonds. The number of carbonyl (C=O) groups is 1. The highest BCUT2D eigenvalue weighted by Gasteiger charge is 2.23. The number of aliphatic hydroxyl groups is 1. The minimum absolute atomic E-state index is 0.184. The van der Waals surface area contributed by atoms with Crippen LogP contribution < -0.4 is 10.9 Å². The van der Waals surface area contributed by atoms with Gasteiger partial charge in [-0.3, -0.25) is 9.59 Å². The van der Waals surface area contributed by atoms with Crippen LogP contribution in [0.1, 0.15) is 40.9 Å². The molecule has 1 aromatic rings. The summed E-state index contributed by atoms with van der Waals surface area (Å²) in [5.41, 5.74) is 1.27. The lowest BCUT2D eigenvalue weighted by Gasteiger charge is -2.11. The zero-order valence-electron chi connectivity index (χ0n) is 11.3. The fourth-order valence-corrected chi connectivity index (χ4v) is 2.70. The van der Waals surface area contributed by atoms with Gasteiger partial charge in [-0.2, -0.15) is 0 Å². The van der Waals surface area contributed by atoms with Crippen LogP contribution in [-0.2, 0) is 0 Å². The largest absolute Gasteiger partial charge is 0.393 e. The van der Waals surface area contributed by atoms with Crippen molar-refractivity contribution in [1.82, 2.24) is 10.3 Å². The molecule has 1 aliphatic rings. The van der Waals surface area contributed by atoms with Gasteiger partial charge in [0.25, 0.3) is 11.5 Å². The quantitative estimate of drug-likeness (QED) is 0.758. The zero-order chi connectivity index (χ0) is 14.0. The van der Waals surface area contributed by atoms with E-state index in [4.69, 9.17) is 0 Å². The maximum atomic E-state index is 12.0. The van der Waals surface area contributed by atoms with Gasteiger partial charge in [-0.05, 0) is 50.7 Å². The Morgan fingerprint density at radius 2 is 2.21 bits per heavy atom. The van der Waals surface area contributed by atoms with E-state index >= 15 is 0 Å². The van der Waals surface area contributed by atoms with E-state index in [9.17, 15) is 14.7 Å². The van der Waals surface area contributed by atoms with Crippen LogP contribution in [0.5, 0.6) is 0 Å². The van der Waals surface area contributed by atoms with E-state index in [1.807, 2.05) is 0 Å². The number of hydrogen-bond donors (Lipinski definition) is 3. The minimum atomic E-state index is -0.346. The van der Waals surface area contributed by atoms with Crippen LogP contribution in [0.2, 0.25) is 0 Å². The second kappa shape index (κ2) is 5.57. The highest BCUT2D eigenvalue weighted by Crippen LogP contribution is 2.24. The maximum Gasteiger partial charge on any atom is 0.261 e. The molecule has 2 rings (SSSR count). The molecule has 1 aromatic heterocycles. The van der Waals surface area contributed by atoms with Gasteiger partial charge in [0.05, 0.1) is 6.10 Å². The number of H-pyrrole nitrogens is 1. The number of hydrogen-bond acceptors (Lipinski definition) is 3. The van der Waals surface area contributed by atoms with E-state index in [1.54, 1.807) is 19.9 Å². The highest BCUT2D eigenvalue weighted by molar-refractivity contribution is 5.95. The van der Waals surface area contributed by atoms with E-state index in [0.717, 1.165) is 25.0 Å². The lowest BCUT2D eigenvalue weighted by molar-refractivity contribution is 0.0943. The first-order valence-corrected chi connectivity index (χ1v) is 6.64. The molecule has 1 saturated carbocycles. The molecule has 0 spiro atoms. The van der Waals surface area contributed by atoms with Crippen molar-refractivity contribution in [3.8, 4) is 0 Å². The van der Waals surface area contributed by atoms with Crippen LogP contribution in [0.4, 0.5) is 0 Å². The summed E-state index contributed by atoms with van der Waals surface area (Å²) in [7, 11) is 0. The predicted molar refractivity (Wildman–Crippen MR) is 72.2 cm³/mol. The van der Waals surface area contributed by atoms with Crippen molar-refractivity contribution in [2.45, 2.75) is 39.2 Å². The predicted octanol–water partition coefficient (Wildman–Crippen LogP) is 0.883. The minimum Gasteiger partial charge on any atom is -0.393 e. The highest BCUT2D eigenvalue weighted by atomic mass is 16.3. The van der Waals surface area contributed by atoms with Crippen LogP contribution in [-0.4, -0.2) is 28.6 Å². The second-order valence-corrected chi connectivity index (χ2v) is 5.38. The number of carbonyl (C=O) groups excluding carboxylic acids is 1. The molecule has 2 unspecified atom stereocenters. The third kappa shape index (κ3) is 3.23. The topological polar surface area (TPSA) is 82.2 Å². The number of amides is 1. The van der Waals surface area contributed by atoms with Crippen molar-refractivity contribution in [1.29, 1.82) is 0 Å². The molecule has 0 aliphatic heterocycles. The van der Waals surface area contributed by atoms with E-state index in [1.165, 1.54) is 0 Å². The van der Waals surface area contributed by atoms with Crippen LogP contribution >= 0.6 is 0 Å². The monoisotopic (exact) mass is 264 g/mol. The van der Waals surface area contributed by atoms with Crippen LogP contribution in [0.25, 0.3) is 0 Å². The van der Waals surface area contributed by atoms with Gasteiger partial charge in [0, 0.05) is 12.2 Å². The Kier molecular flexibility index (Phi) is 4.04. The van der Waals surface area contributed by atoms with Gasteiger partial charge >= 0.3 is 0 Å². The Bertz CT molecular complexity index is 536. The van der Waals surface area contributed by atoms with Gasteiger partial charge in [-0.25, -0.2) is 0 Å². The molecule has 1 aliphatic carbocycles. The van der Waals surface area contributed by atoms with Gasteiger partial charge in [-0.1, -0.05) is 0 Å². The average molecular weight is 264 g/mol. The first-order valence-electron chi connectivity index (χ1n) is 6.64. The Balaban J connectivity index is 2.02. The molecule has 1 heterocycles. The number of rotatable bonds is 3. The van der Waals surface area contributed by atoms with E-state index in [-0.39, 0.29) is 23.1 Å². The summed E-state index contributed by atoms with van der Waals surface area (Å²) >= 11 is 0. The first-order chi connectivity index (χ1) is 8.97. The third-order valence-electron chi connectivity index (χ3n) is 3.66. The summed E-state index contributed by atoms with van der Waals surface area (Å²) in [5, 5.41) is 12.2. The molecule has 5 heteroatoms. The van der Waals surface area contributed by atoms with Gasteiger partial charge in [0.1, 0.15) is 5.56 Å². The standard InChI is InChI=1S/C14H20N2O3/c1-8-5-9(2)16-14(19)12(8)13(18)15-7-10-3-4-11(17)6-10/h5,10-11,17H,3-4,6-7H2,1-2H3,(H,15,18)(H,16,19). The third-order valence-corrected chi connectivity index (χ3v) is 3.66. The Hall–Kier alpha value is -1.62. The molecule has 104 valence electrons. The number of aromatic amines is 1. The molecule has 1 fully saturated rings. The molecule has 5 nitrogen and oxygen atoms in total. The van der Waals surface area contributed by atoms with E-state index < -0.39 is 0 Å². The molecule has 2 atom stereocenters. The van der Waals surface area contributed by atoms with Crippen LogP contribution in [0.3, 0.4) is 0 Å². The SMILES string of the molecule is Cc1cc(C)c(C(=O)NCC2CCC(O)C2)c(=O)[nH]1. The van der Waals surface area contributed by atoms with Crippen molar-refractivity contribution >= 4 is 5.91 Å². The zero-order valence-corrected chi connectivity index (χ0v) is 11.3. The smallest absolute Gasteiger partial charge is 0.261 e. The molecule has 0 saturated heterocycles. The number of nitrogens with one attached hydrogen (secondary N) is 2. The van der Waals surface area contributed by atoms with Gasteiger partial charge < -0.3 is 15.4 Å². The van der Waals surface area contributed by atoms with Crippen molar-refractivity contribution in [3.63, 3.8) is 0 Å². The Morgan fingerprint density at radius 3 is 2.79 bits per heavy atom. The molecule has 0 radical (unpaired) electrons. The maximum absolute atomic E-state index is 12.0.